The van der Waals surface area contributed by atoms with Crippen LogP contribution in [0.4, 0.5) is 11.4 Å². The normalized spacial score (nSPS) is 20.5. The number of hydrogen-bond acceptors (Lipinski definition) is 16. The largest absolute Gasteiger partial charge is 0.397 e. The van der Waals surface area contributed by atoms with E-state index in [1.807, 2.05) is 6.08 Å². The summed E-state index contributed by atoms with van der Waals surface area (Å²) >= 11 is 0. The molecular formula is C42H71N5O14S. The third-order valence-electron chi connectivity index (χ3n) is 11.0. The summed E-state index contributed by atoms with van der Waals surface area (Å²) in [5, 5.41) is 66.5. The van der Waals surface area contributed by atoms with Crippen molar-refractivity contribution >= 4 is 38.7 Å². The second-order valence-corrected chi connectivity index (χ2v) is 17.2. The molecule has 7 N–H and O–H groups in total. The molecule has 20 heteroatoms. The zero-order chi connectivity index (χ0) is 45.2. The molecule has 0 unspecified atom stereocenters. The maximum Gasteiger partial charge on any atom is 0.397 e. The van der Waals surface area contributed by atoms with Gasteiger partial charge >= 0.3 is 16.1 Å². The number of nitro benzene ring substituents is 1. The van der Waals surface area contributed by atoms with E-state index in [1.165, 1.54) is 57.4 Å². The fourth-order valence-corrected chi connectivity index (χ4v) is 7.97. The molecule has 0 saturated carbocycles. The van der Waals surface area contributed by atoms with E-state index in [0.717, 1.165) is 77.0 Å². The number of nitrogens with one attached hydrogen (secondary N) is 2. The number of hydrogen-bond donors (Lipinski definition) is 7. The van der Waals surface area contributed by atoms with E-state index < -0.39 is 64.8 Å². The molecule has 1 aliphatic rings. The maximum absolute atomic E-state index is 13.0. The van der Waals surface area contributed by atoms with Crippen LogP contribution in [0.25, 0.3) is 11.0 Å². The summed E-state index contributed by atoms with van der Waals surface area (Å²) < 4.78 is 52.2. The molecule has 62 heavy (non-hydrogen) atoms. The van der Waals surface area contributed by atoms with Crippen molar-refractivity contribution in [1.29, 1.82) is 0 Å². The van der Waals surface area contributed by atoms with Crippen molar-refractivity contribution in [1.82, 2.24) is 15.6 Å². The van der Waals surface area contributed by atoms with Crippen LogP contribution in [-0.4, -0.2) is 117 Å². The number of aliphatic hydroxyl groups excluding tert-OH is 4. The third kappa shape index (κ3) is 20.0. The first kappa shape index (κ1) is 53.0. The van der Waals surface area contributed by atoms with Crippen molar-refractivity contribution in [3.8, 4) is 0 Å². The lowest BCUT2D eigenvalue weighted by molar-refractivity contribution is -0.383. The van der Waals surface area contributed by atoms with Gasteiger partial charge in [-0.05, 0) is 42.1 Å². The minimum absolute atomic E-state index is 0.114. The standard InChI is InChI=1S/C42H71N5O14S/c1-2-3-4-5-6-7-8-9-10-12-15-18-21-24-34(49)32(30-58-42-40(52)41(60-62(55,56)57)39(51)35(29-48)59-42)44-36(50)25-22-19-16-13-11-14-17-20-23-28-43-31-26-27-33(47(53)54)38-37(31)45-61-46-38/h21,24,26-27,32,34-35,39-43,48-49,51-52H,2-20,22-23,25,28-30H2,1H3,(H,44,50)(H,55,56,57)/b24-21+/t32-,34+,35+,39-,40+,41-,42+/m0/s1. The Kier molecular flexibility index (Phi) is 25.6. The highest BCUT2D eigenvalue weighted by Crippen LogP contribution is 2.29. The molecule has 1 amide bonds. The minimum Gasteiger partial charge on any atom is -0.394 e. The van der Waals surface area contributed by atoms with Gasteiger partial charge in [-0.3, -0.25) is 19.5 Å². The van der Waals surface area contributed by atoms with Crippen LogP contribution < -0.4 is 10.6 Å². The molecule has 1 aliphatic heterocycles. The van der Waals surface area contributed by atoms with Crippen molar-refractivity contribution in [3.05, 3.63) is 34.4 Å². The summed E-state index contributed by atoms with van der Waals surface area (Å²) in [7, 11) is -5.11. The fourth-order valence-electron chi connectivity index (χ4n) is 7.46. The number of carbonyl (C=O) groups is 1. The van der Waals surface area contributed by atoms with Gasteiger partial charge in [0.05, 0.1) is 36.0 Å². The first-order chi connectivity index (χ1) is 29.9. The van der Waals surface area contributed by atoms with E-state index in [4.69, 9.17) is 14.1 Å². The Morgan fingerprint density at radius 2 is 1.47 bits per heavy atom. The average Bonchev–Trinajstić information content (AvgIpc) is 3.73. The molecule has 1 aromatic carbocycles. The summed E-state index contributed by atoms with van der Waals surface area (Å²) in [4.78, 5) is 23.7. The molecule has 354 valence electrons. The highest BCUT2D eigenvalue weighted by atomic mass is 32.3. The van der Waals surface area contributed by atoms with E-state index in [1.54, 1.807) is 12.1 Å². The number of aromatic nitrogens is 2. The van der Waals surface area contributed by atoms with Crippen molar-refractivity contribution in [3.63, 3.8) is 0 Å². The number of carbonyl (C=O) groups excluding carboxylic acids is 1. The summed E-state index contributed by atoms with van der Waals surface area (Å²) in [5.74, 6) is -0.319. The number of allylic oxidation sites excluding steroid dienone is 1. The Balaban J connectivity index is 1.37. The highest BCUT2D eigenvalue weighted by molar-refractivity contribution is 7.80. The number of unbranched alkanes of at least 4 members (excludes halogenated alkanes) is 19. The predicted molar refractivity (Wildman–Crippen MR) is 231 cm³/mol. The van der Waals surface area contributed by atoms with Crippen molar-refractivity contribution < 1.29 is 61.4 Å². The van der Waals surface area contributed by atoms with Gasteiger partial charge in [-0.1, -0.05) is 128 Å². The van der Waals surface area contributed by atoms with Gasteiger partial charge < -0.3 is 40.5 Å². The summed E-state index contributed by atoms with van der Waals surface area (Å²) in [6, 6.07) is 2.00. The maximum atomic E-state index is 13.0. The molecule has 0 radical (unpaired) electrons. The topological polar surface area (TPSA) is 286 Å². The number of anilines is 1. The predicted octanol–water partition coefficient (Wildman–Crippen LogP) is 6.19. The first-order valence-electron chi connectivity index (χ1n) is 22.5. The molecule has 2 aromatic rings. The zero-order valence-electron chi connectivity index (χ0n) is 36.2. The SMILES string of the molecule is CCCCCCCCCCCCC/C=C/[C@@H](O)[C@H](CO[C@@H]1O[C@H](CO)[C@H](O)[C@H](OS(=O)(=O)O)[C@H]1O)NC(=O)CCCCCCCCCCCNc1ccc([N+](=O)[O-])c2nonc12. The lowest BCUT2D eigenvalue weighted by Gasteiger charge is -2.41. The van der Waals surface area contributed by atoms with Gasteiger partial charge in [0.15, 0.2) is 11.8 Å². The Bertz CT molecular complexity index is 1700. The zero-order valence-corrected chi connectivity index (χ0v) is 37.0. The van der Waals surface area contributed by atoms with Crippen molar-refractivity contribution in [2.45, 2.75) is 191 Å². The van der Waals surface area contributed by atoms with E-state index in [0.29, 0.717) is 24.2 Å². The molecule has 1 aromatic heterocycles. The second kappa shape index (κ2) is 29.9. The number of ether oxygens (including phenoxy) is 2. The Hall–Kier alpha value is -3.34. The Labute approximate surface area is 365 Å². The lowest BCUT2D eigenvalue weighted by atomic mass is 9.99. The van der Waals surface area contributed by atoms with Crippen LogP contribution in [0.2, 0.25) is 0 Å². The van der Waals surface area contributed by atoms with Gasteiger partial charge in [-0.25, -0.2) is 8.81 Å². The minimum atomic E-state index is -5.11. The number of benzene rings is 1. The quantitative estimate of drug-likeness (QED) is 0.0133. The molecule has 2 heterocycles. The molecule has 0 spiro atoms. The van der Waals surface area contributed by atoms with Gasteiger partial charge in [-0.2, -0.15) is 8.42 Å². The number of nitro groups is 1. The molecule has 0 aliphatic carbocycles. The monoisotopic (exact) mass is 901 g/mol. The first-order valence-corrected chi connectivity index (χ1v) is 23.9. The van der Waals surface area contributed by atoms with E-state index >= 15 is 0 Å². The fraction of sp³-hybridized carbons (Fsp3) is 0.786. The number of amides is 1. The van der Waals surface area contributed by atoms with Gasteiger partial charge in [-0.15, -0.1) is 0 Å². The molecule has 0 bridgehead atoms. The van der Waals surface area contributed by atoms with Crippen LogP contribution >= 0.6 is 0 Å². The van der Waals surface area contributed by atoms with Crippen molar-refractivity contribution in [2.24, 2.45) is 0 Å². The molecule has 19 nitrogen and oxygen atoms in total. The molecule has 3 rings (SSSR count). The number of aliphatic hydroxyl groups is 4. The van der Waals surface area contributed by atoms with Gasteiger partial charge in [0.25, 0.3) is 0 Å². The molecular weight excluding hydrogens is 831 g/mol. The number of nitrogens with zero attached hydrogens (tertiary/aromatic N) is 3. The Morgan fingerprint density at radius 1 is 0.887 bits per heavy atom. The smallest absolute Gasteiger partial charge is 0.394 e. The van der Waals surface area contributed by atoms with Crippen LogP contribution in [0.1, 0.15) is 148 Å². The van der Waals surface area contributed by atoms with Crippen LogP contribution in [0.3, 0.4) is 0 Å². The molecule has 1 fully saturated rings. The average molecular weight is 902 g/mol. The summed E-state index contributed by atoms with van der Waals surface area (Å²) in [6.07, 6.45) is 16.4. The van der Waals surface area contributed by atoms with Crippen LogP contribution in [-0.2, 0) is 28.9 Å². The number of fused-ring (bicyclic) bond motifs is 1. The number of rotatable bonds is 35. The van der Waals surface area contributed by atoms with Gasteiger partial charge in [0.1, 0.15) is 24.4 Å². The van der Waals surface area contributed by atoms with Gasteiger partial charge in [0.2, 0.25) is 11.4 Å². The highest BCUT2D eigenvalue weighted by Gasteiger charge is 2.48. The lowest BCUT2D eigenvalue weighted by Crippen LogP contribution is -2.61. The van der Waals surface area contributed by atoms with Crippen molar-refractivity contribution in [2.75, 3.05) is 25.1 Å². The number of non-ortho nitro benzene ring substituents is 1. The second-order valence-electron chi connectivity index (χ2n) is 16.2. The Morgan fingerprint density at radius 3 is 2.06 bits per heavy atom. The van der Waals surface area contributed by atoms with Gasteiger partial charge in [0, 0.05) is 19.0 Å². The summed E-state index contributed by atoms with van der Waals surface area (Å²) in [6.45, 7) is 1.72. The van der Waals surface area contributed by atoms with Crippen LogP contribution in [0.5, 0.6) is 0 Å². The third-order valence-corrected chi connectivity index (χ3v) is 11.5. The van der Waals surface area contributed by atoms with Crippen LogP contribution in [0, 0.1) is 10.1 Å². The van der Waals surface area contributed by atoms with Crippen LogP contribution in [0.15, 0.2) is 28.9 Å². The molecule has 1 saturated heterocycles. The van der Waals surface area contributed by atoms with E-state index in [2.05, 4.69) is 32.1 Å². The van der Waals surface area contributed by atoms with E-state index in [-0.39, 0.29) is 30.1 Å². The molecule has 7 atom stereocenters. The van der Waals surface area contributed by atoms with E-state index in [9.17, 15) is 48.3 Å². The summed E-state index contributed by atoms with van der Waals surface area (Å²) in [5.41, 5.74) is 0.929.